The summed E-state index contributed by atoms with van der Waals surface area (Å²) in [6.07, 6.45) is 0. The SMILES string of the molecule is FC(I)CBr. The van der Waals surface area contributed by atoms with E-state index in [9.17, 15) is 4.39 Å². The van der Waals surface area contributed by atoms with Crippen molar-refractivity contribution >= 4 is 38.5 Å². The van der Waals surface area contributed by atoms with Gasteiger partial charge in [0, 0.05) is 5.33 Å². The maximum atomic E-state index is 11.4. The Labute approximate surface area is 52.4 Å². The Hall–Kier alpha value is 1.14. The van der Waals surface area contributed by atoms with E-state index in [1.165, 1.54) is 0 Å². The molecule has 0 rings (SSSR count). The first kappa shape index (κ1) is 6.14. The van der Waals surface area contributed by atoms with Crippen molar-refractivity contribution in [1.82, 2.24) is 0 Å². The van der Waals surface area contributed by atoms with E-state index in [1.807, 2.05) is 0 Å². The molecule has 5 heavy (non-hydrogen) atoms. The summed E-state index contributed by atoms with van der Waals surface area (Å²) in [5.41, 5.74) is 0. The lowest BCUT2D eigenvalue weighted by atomic mass is 10.9. The van der Waals surface area contributed by atoms with Crippen LogP contribution in [0.1, 0.15) is 0 Å². The first-order chi connectivity index (χ1) is 2.27. The molecule has 1 atom stereocenters. The highest BCUT2D eigenvalue weighted by molar-refractivity contribution is 14.1. The zero-order chi connectivity index (χ0) is 4.28. The molecule has 0 aromatic carbocycles. The molecule has 0 radical (unpaired) electrons. The van der Waals surface area contributed by atoms with Gasteiger partial charge in [-0.05, 0) is 22.6 Å². The van der Waals surface area contributed by atoms with Crippen molar-refractivity contribution in [2.24, 2.45) is 0 Å². The summed E-state index contributed by atoms with van der Waals surface area (Å²) in [7, 11) is 0. The molecule has 0 nitrogen and oxygen atoms in total. The number of alkyl halides is 3. The quantitative estimate of drug-likeness (QED) is 0.495. The van der Waals surface area contributed by atoms with E-state index in [1.54, 1.807) is 22.6 Å². The lowest BCUT2D eigenvalue weighted by molar-refractivity contribution is 0.511. The van der Waals surface area contributed by atoms with Gasteiger partial charge < -0.3 is 0 Å². The van der Waals surface area contributed by atoms with Crippen molar-refractivity contribution in [3.05, 3.63) is 0 Å². The molecule has 0 fully saturated rings. The van der Waals surface area contributed by atoms with Crippen LogP contribution in [-0.4, -0.2) is 9.51 Å². The minimum Gasteiger partial charge on any atom is -0.235 e. The first-order valence-corrected chi connectivity index (χ1v) is 3.48. The molecule has 3 heteroatoms. The number of hydrogen-bond acceptors (Lipinski definition) is 0. The van der Waals surface area contributed by atoms with Gasteiger partial charge in [-0.3, -0.25) is 0 Å². The fourth-order valence-corrected chi connectivity index (χ4v) is 0. The van der Waals surface area contributed by atoms with Crippen LogP contribution in [0, 0.1) is 0 Å². The fraction of sp³-hybridized carbons (Fsp3) is 1.00. The highest BCUT2D eigenvalue weighted by Crippen LogP contribution is 2.03. The maximum absolute atomic E-state index is 11.4. The van der Waals surface area contributed by atoms with Gasteiger partial charge in [-0.15, -0.1) is 0 Å². The van der Waals surface area contributed by atoms with Crippen molar-refractivity contribution in [2.45, 2.75) is 4.18 Å². The van der Waals surface area contributed by atoms with Crippen molar-refractivity contribution in [2.75, 3.05) is 5.33 Å². The lowest BCUT2D eigenvalue weighted by Gasteiger charge is -1.82. The first-order valence-electron chi connectivity index (χ1n) is 1.11. The van der Waals surface area contributed by atoms with Gasteiger partial charge in [-0.25, -0.2) is 4.39 Å². The Bertz CT molecular complexity index is 23.6. The average Bonchev–Trinajstić information content (AvgIpc) is 1.38. The second-order valence-electron chi connectivity index (χ2n) is 0.545. The number of hydrogen-bond donors (Lipinski definition) is 0. The van der Waals surface area contributed by atoms with Gasteiger partial charge >= 0.3 is 0 Å². The lowest BCUT2D eigenvalue weighted by Crippen LogP contribution is -1.82. The standard InChI is InChI=1S/C2H3BrFI/c3-1-2(4)5/h2H,1H2. The second-order valence-corrected chi connectivity index (χ2v) is 2.54. The highest BCUT2D eigenvalue weighted by atomic mass is 127. The van der Waals surface area contributed by atoms with Gasteiger partial charge in [0.2, 0.25) is 0 Å². The van der Waals surface area contributed by atoms with Crippen LogP contribution in [0.2, 0.25) is 0 Å². The Morgan fingerprint density at radius 3 is 2.20 bits per heavy atom. The molecular formula is C2H3BrFI. The molecule has 0 aliphatic carbocycles. The summed E-state index contributed by atoms with van der Waals surface area (Å²) in [6.45, 7) is 0. The third-order valence-electron chi connectivity index (χ3n) is 0.117. The third-order valence-corrected chi connectivity index (χ3v) is 2.34. The smallest absolute Gasteiger partial charge is 0.160 e. The Morgan fingerprint density at radius 2 is 2.20 bits per heavy atom. The van der Waals surface area contributed by atoms with Crippen molar-refractivity contribution in [3.8, 4) is 0 Å². The van der Waals surface area contributed by atoms with Crippen LogP contribution < -0.4 is 0 Å². The van der Waals surface area contributed by atoms with Gasteiger partial charge in [0.1, 0.15) is 0 Å². The zero-order valence-electron chi connectivity index (χ0n) is 2.42. The Kier molecular flexibility index (Phi) is 4.09. The van der Waals surface area contributed by atoms with E-state index in [2.05, 4.69) is 15.9 Å². The molecule has 32 valence electrons. The van der Waals surface area contributed by atoms with E-state index in [4.69, 9.17) is 0 Å². The van der Waals surface area contributed by atoms with Crippen molar-refractivity contribution in [1.29, 1.82) is 0 Å². The van der Waals surface area contributed by atoms with E-state index >= 15 is 0 Å². The monoisotopic (exact) mass is 252 g/mol. The van der Waals surface area contributed by atoms with Crippen LogP contribution in [0.5, 0.6) is 0 Å². The fourth-order valence-electron chi connectivity index (χ4n) is 0. The number of rotatable bonds is 1. The molecule has 0 N–H and O–H groups in total. The molecule has 0 aliphatic rings. The van der Waals surface area contributed by atoms with Gasteiger partial charge in [0.05, 0.1) is 0 Å². The summed E-state index contributed by atoms with van der Waals surface area (Å²) < 4.78 is 10.6. The summed E-state index contributed by atoms with van der Waals surface area (Å²) in [5.74, 6) is 0. The molecule has 1 unspecified atom stereocenters. The average molecular weight is 253 g/mol. The summed E-state index contributed by atoms with van der Waals surface area (Å²) >= 11 is 4.62. The van der Waals surface area contributed by atoms with Crippen LogP contribution in [0.3, 0.4) is 0 Å². The van der Waals surface area contributed by atoms with Gasteiger partial charge in [0.25, 0.3) is 0 Å². The topological polar surface area (TPSA) is 0 Å². The van der Waals surface area contributed by atoms with Gasteiger partial charge in [-0.2, -0.15) is 0 Å². The predicted octanol–water partition coefficient (Wildman–Crippen LogP) is 2.11. The number of halogens is 3. The van der Waals surface area contributed by atoms with E-state index in [0.717, 1.165) is 0 Å². The Morgan fingerprint density at radius 1 is 2.00 bits per heavy atom. The minimum atomic E-state index is -0.729. The molecule has 0 aromatic heterocycles. The molecule has 0 aliphatic heterocycles. The summed E-state index contributed by atoms with van der Waals surface area (Å²) in [5, 5.41) is 0.438. The molecule has 0 saturated heterocycles. The van der Waals surface area contributed by atoms with E-state index < -0.39 is 4.18 Å². The zero-order valence-corrected chi connectivity index (χ0v) is 6.16. The summed E-state index contributed by atoms with van der Waals surface area (Å²) in [4.78, 5) is 0. The van der Waals surface area contributed by atoms with Crippen molar-refractivity contribution in [3.63, 3.8) is 0 Å². The molecule has 0 saturated carbocycles. The van der Waals surface area contributed by atoms with Crippen molar-refractivity contribution < 1.29 is 4.39 Å². The van der Waals surface area contributed by atoms with E-state index in [0.29, 0.717) is 5.33 Å². The minimum absolute atomic E-state index is 0.438. The Balaban J connectivity index is 2.54. The van der Waals surface area contributed by atoms with Crippen LogP contribution in [0.15, 0.2) is 0 Å². The van der Waals surface area contributed by atoms with Crippen LogP contribution in [0.4, 0.5) is 4.39 Å². The van der Waals surface area contributed by atoms with Gasteiger partial charge in [-0.1, -0.05) is 15.9 Å². The normalized spacial score (nSPS) is 15.0. The van der Waals surface area contributed by atoms with Gasteiger partial charge in [0.15, 0.2) is 4.18 Å². The largest absolute Gasteiger partial charge is 0.235 e. The maximum Gasteiger partial charge on any atom is 0.160 e. The third kappa shape index (κ3) is 5.14. The van der Waals surface area contributed by atoms with Crippen LogP contribution >= 0.6 is 38.5 Å². The molecule has 0 heterocycles. The molecule has 0 amide bonds. The van der Waals surface area contributed by atoms with Crippen LogP contribution in [0.25, 0.3) is 0 Å². The molecular weight excluding hydrogens is 250 g/mol. The molecule has 0 bridgehead atoms. The molecule has 0 spiro atoms. The second kappa shape index (κ2) is 3.33. The molecule has 0 aromatic rings. The summed E-state index contributed by atoms with van der Waals surface area (Å²) in [6, 6.07) is 0. The predicted molar refractivity (Wildman–Crippen MR) is 32.7 cm³/mol. The van der Waals surface area contributed by atoms with Crippen LogP contribution in [-0.2, 0) is 0 Å². The highest BCUT2D eigenvalue weighted by Gasteiger charge is 1.89. The van der Waals surface area contributed by atoms with E-state index in [-0.39, 0.29) is 0 Å².